The minimum Gasteiger partial charge on any atom is -0.398 e. The molecule has 0 bridgehead atoms. The van der Waals surface area contributed by atoms with Crippen molar-refractivity contribution in [3.8, 4) is 0 Å². The lowest BCUT2D eigenvalue weighted by Gasteiger charge is -2.08. The SMILES string of the molecule is CN=C(N)c1ccc(CCc2ccc(CN)cc2N)cc1.Cl.Cl.Cl. The second-order valence-corrected chi connectivity index (χ2v) is 5.04. The number of nitrogens with zero attached hydrogens (tertiary/aromatic N) is 1. The summed E-state index contributed by atoms with van der Waals surface area (Å²) < 4.78 is 0. The highest BCUT2D eigenvalue weighted by atomic mass is 35.5. The smallest absolute Gasteiger partial charge is 0.125 e. The molecule has 7 heteroatoms. The van der Waals surface area contributed by atoms with Crippen molar-refractivity contribution in [2.75, 3.05) is 12.8 Å². The van der Waals surface area contributed by atoms with E-state index in [0.29, 0.717) is 12.4 Å². The molecule has 0 amide bonds. The average molecular weight is 392 g/mol. The van der Waals surface area contributed by atoms with Crippen LogP contribution in [0.5, 0.6) is 0 Å². The summed E-state index contributed by atoms with van der Waals surface area (Å²) in [4.78, 5) is 3.98. The Morgan fingerprint density at radius 1 is 0.917 bits per heavy atom. The highest BCUT2D eigenvalue weighted by Crippen LogP contribution is 2.17. The first-order valence-corrected chi connectivity index (χ1v) is 7.03. The maximum absolute atomic E-state index is 6.06. The third-order valence-corrected chi connectivity index (χ3v) is 3.62. The zero-order valence-electron chi connectivity index (χ0n) is 13.6. The molecule has 0 saturated carbocycles. The van der Waals surface area contributed by atoms with Crippen molar-refractivity contribution in [3.05, 3.63) is 64.7 Å². The molecule has 0 fully saturated rings. The van der Waals surface area contributed by atoms with Crippen molar-refractivity contribution in [1.82, 2.24) is 0 Å². The number of rotatable bonds is 5. The van der Waals surface area contributed by atoms with Crippen LogP contribution in [0, 0.1) is 0 Å². The number of benzene rings is 2. The topological polar surface area (TPSA) is 90.4 Å². The van der Waals surface area contributed by atoms with Gasteiger partial charge in [0.2, 0.25) is 0 Å². The molecular weight excluding hydrogens is 367 g/mol. The minimum absolute atomic E-state index is 0. The Kier molecular flexibility index (Phi) is 12.4. The van der Waals surface area contributed by atoms with Gasteiger partial charge in [0.1, 0.15) is 5.84 Å². The number of hydrogen-bond donors (Lipinski definition) is 3. The highest BCUT2D eigenvalue weighted by molar-refractivity contribution is 5.97. The maximum Gasteiger partial charge on any atom is 0.125 e. The molecule has 0 atom stereocenters. The standard InChI is InChI=1S/C17H22N4.3ClH/c1-21-17(20)15-8-3-12(4-9-15)2-6-14-7-5-13(11-18)10-16(14)19;;;/h3-5,7-10H,2,6,11,18-19H2,1H3,(H2,20,21);3*1H. The second-order valence-electron chi connectivity index (χ2n) is 5.04. The van der Waals surface area contributed by atoms with Crippen LogP contribution < -0.4 is 17.2 Å². The van der Waals surface area contributed by atoms with Crippen LogP contribution in [-0.4, -0.2) is 12.9 Å². The summed E-state index contributed by atoms with van der Waals surface area (Å²) >= 11 is 0. The van der Waals surface area contributed by atoms with E-state index in [0.717, 1.165) is 35.2 Å². The summed E-state index contributed by atoms with van der Waals surface area (Å²) in [5.41, 5.74) is 22.7. The van der Waals surface area contributed by atoms with Crippen LogP contribution in [0.25, 0.3) is 0 Å². The fraction of sp³-hybridized carbons (Fsp3) is 0.235. The van der Waals surface area contributed by atoms with E-state index in [1.165, 1.54) is 5.56 Å². The van der Waals surface area contributed by atoms with Crippen LogP contribution in [0.15, 0.2) is 47.5 Å². The largest absolute Gasteiger partial charge is 0.398 e. The predicted molar refractivity (Wildman–Crippen MR) is 111 cm³/mol. The van der Waals surface area contributed by atoms with Gasteiger partial charge in [-0.2, -0.15) is 0 Å². The maximum atomic E-state index is 6.06. The van der Waals surface area contributed by atoms with Gasteiger partial charge in [0.05, 0.1) is 0 Å². The molecule has 134 valence electrons. The number of aryl methyl sites for hydroxylation is 2. The summed E-state index contributed by atoms with van der Waals surface area (Å²) in [5.74, 6) is 0.558. The van der Waals surface area contributed by atoms with Crippen molar-refractivity contribution in [2.45, 2.75) is 19.4 Å². The Morgan fingerprint density at radius 2 is 1.50 bits per heavy atom. The first-order chi connectivity index (χ1) is 10.1. The molecule has 2 rings (SSSR count). The number of anilines is 1. The van der Waals surface area contributed by atoms with Crippen LogP contribution in [0.4, 0.5) is 5.69 Å². The molecule has 0 unspecified atom stereocenters. The van der Waals surface area contributed by atoms with Crippen LogP contribution in [-0.2, 0) is 19.4 Å². The molecule has 2 aromatic rings. The molecule has 0 heterocycles. The highest BCUT2D eigenvalue weighted by Gasteiger charge is 2.03. The van der Waals surface area contributed by atoms with Crippen LogP contribution in [0.1, 0.15) is 22.3 Å². The molecule has 0 aliphatic carbocycles. The monoisotopic (exact) mass is 390 g/mol. The molecule has 0 aliphatic rings. The lowest BCUT2D eigenvalue weighted by Crippen LogP contribution is -2.12. The van der Waals surface area contributed by atoms with Gasteiger partial charge in [-0.3, -0.25) is 4.99 Å². The molecule has 0 radical (unpaired) electrons. The van der Waals surface area contributed by atoms with Gasteiger partial charge in [-0.05, 0) is 35.6 Å². The Hall–Kier alpha value is -1.46. The zero-order chi connectivity index (χ0) is 15.2. The Balaban J connectivity index is 0. The molecule has 0 saturated heterocycles. The summed E-state index contributed by atoms with van der Waals surface area (Å²) in [6.45, 7) is 0.520. The van der Waals surface area contributed by atoms with Gasteiger partial charge in [0, 0.05) is 24.8 Å². The van der Waals surface area contributed by atoms with Crippen LogP contribution >= 0.6 is 37.2 Å². The fourth-order valence-electron chi connectivity index (χ4n) is 2.25. The van der Waals surface area contributed by atoms with Crippen molar-refractivity contribution in [3.63, 3.8) is 0 Å². The molecular formula is C17H25Cl3N4. The second kappa shape index (κ2) is 12.0. The number of nitrogen functional groups attached to an aromatic ring is 1. The zero-order valence-corrected chi connectivity index (χ0v) is 16.0. The summed E-state index contributed by atoms with van der Waals surface area (Å²) in [6, 6.07) is 14.2. The van der Waals surface area contributed by atoms with Gasteiger partial charge in [-0.1, -0.05) is 36.4 Å². The number of halogens is 3. The van der Waals surface area contributed by atoms with Gasteiger partial charge in [0.15, 0.2) is 0 Å². The molecule has 6 N–H and O–H groups in total. The van der Waals surface area contributed by atoms with E-state index in [-0.39, 0.29) is 37.2 Å². The Bertz CT molecular complexity index is 643. The van der Waals surface area contributed by atoms with Gasteiger partial charge in [-0.15, -0.1) is 37.2 Å². The quantitative estimate of drug-likeness (QED) is 0.415. The van der Waals surface area contributed by atoms with Crippen molar-refractivity contribution >= 4 is 48.7 Å². The van der Waals surface area contributed by atoms with Crippen molar-refractivity contribution < 1.29 is 0 Å². The van der Waals surface area contributed by atoms with E-state index in [1.54, 1.807) is 7.05 Å². The number of nitrogens with two attached hydrogens (primary N) is 3. The number of hydrogen-bond acceptors (Lipinski definition) is 3. The van der Waals surface area contributed by atoms with E-state index in [9.17, 15) is 0 Å². The third-order valence-electron chi connectivity index (χ3n) is 3.62. The van der Waals surface area contributed by atoms with E-state index in [4.69, 9.17) is 17.2 Å². The summed E-state index contributed by atoms with van der Waals surface area (Å²) in [7, 11) is 1.69. The lowest BCUT2D eigenvalue weighted by atomic mass is 10.0. The van der Waals surface area contributed by atoms with Crippen molar-refractivity contribution in [2.24, 2.45) is 16.5 Å². The Labute approximate surface area is 162 Å². The van der Waals surface area contributed by atoms with E-state index in [1.807, 2.05) is 24.3 Å². The van der Waals surface area contributed by atoms with Crippen molar-refractivity contribution in [1.29, 1.82) is 0 Å². The predicted octanol–water partition coefficient (Wildman–Crippen LogP) is 3.11. The molecule has 2 aromatic carbocycles. The van der Waals surface area contributed by atoms with E-state index < -0.39 is 0 Å². The number of aliphatic imine (C=N–C) groups is 1. The van der Waals surface area contributed by atoms with Gasteiger partial charge in [0.25, 0.3) is 0 Å². The van der Waals surface area contributed by atoms with Gasteiger partial charge >= 0.3 is 0 Å². The van der Waals surface area contributed by atoms with Crippen LogP contribution in [0.2, 0.25) is 0 Å². The van der Waals surface area contributed by atoms with Crippen LogP contribution in [0.3, 0.4) is 0 Å². The normalized spacial score (nSPS) is 10.2. The van der Waals surface area contributed by atoms with E-state index in [2.05, 4.69) is 23.2 Å². The molecule has 0 aliphatic heterocycles. The first kappa shape index (κ1) is 24.8. The van der Waals surface area contributed by atoms with Gasteiger partial charge in [-0.25, -0.2) is 0 Å². The lowest BCUT2D eigenvalue weighted by molar-refractivity contribution is 0.958. The molecule has 0 spiro atoms. The third kappa shape index (κ3) is 6.57. The first-order valence-electron chi connectivity index (χ1n) is 7.03. The molecule has 24 heavy (non-hydrogen) atoms. The molecule has 0 aromatic heterocycles. The Morgan fingerprint density at radius 3 is 2.00 bits per heavy atom. The molecule has 4 nitrogen and oxygen atoms in total. The number of amidine groups is 1. The fourth-order valence-corrected chi connectivity index (χ4v) is 2.25. The minimum atomic E-state index is 0. The summed E-state index contributed by atoms with van der Waals surface area (Å²) in [6.07, 6.45) is 1.85. The summed E-state index contributed by atoms with van der Waals surface area (Å²) in [5, 5.41) is 0. The average Bonchev–Trinajstić information content (AvgIpc) is 2.53. The van der Waals surface area contributed by atoms with E-state index >= 15 is 0 Å². The van der Waals surface area contributed by atoms with Gasteiger partial charge < -0.3 is 17.2 Å².